The van der Waals surface area contributed by atoms with Crippen molar-refractivity contribution >= 4 is 5.91 Å². The molecule has 6 heteroatoms. The highest BCUT2D eigenvalue weighted by molar-refractivity contribution is 5.84. The van der Waals surface area contributed by atoms with Gasteiger partial charge in [0.2, 0.25) is 5.91 Å². The lowest BCUT2D eigenvalue weighted by molar-refractivity contribution is -0.123. The van der Waals surface area contributed by atoms with Gasteiger partial charge in [-0.2, -0.15) is 5.10 Å². The van der Waals surface area contributed by atoms with Gasteiger partial charge in [-0.15, -0.1) is 0 Å². The molecule has 0 unspecified atom stereocenters. The van der Waals surface area contributed by atoms with E-state index in [4.69, 9.17) is 0 Å². The fourth-order valence-electron chi connectivity index (χ4n) is 4.32. The third-order valence-corrected chi connectivity index (χ3v) is 6.10. The first-order chi connectivity index (χ1) is 15.4. The third-order valence-electron chi connectivity index (χ3n) is 6.10. The highest BCUT2D eigenvalue weighted by atomic mass is 19.1. The molecule has 5 nitrogen and oxygen atoms in total. The molecule has 1 amide bonds. The van der Waals surface area contributed by atoms with E-state index in [1.165, 1.54) is 23.3 Å². The lowest BCUT2D eigenvalue weighted by Gasteiger charge is -2.31. The van der Waals surface area contributed by atoms with Gasteiger partial charge in [0.05, 0.1) is 11.6 Å². The van der Waals surface area contributed by atoms with E-state index in [0.29, 0.717) is 25.4 Å². The number of amides is 1. The van der Waals surface area contributed by atoms with Gasteiger partial charge in [-0.25, -0.2) is 4.39 Å². The Labute approximate surface area is 189 Å². The monoisotopic (exact) mass is 434 g/mol. The molecule has 2 heterocycles. The Hall–Kier alpha value is -2.99. The van der Waals surface area contributed by atoms with Crippen LogP contribution in [0.2, 0.25) is 0 Å². The number of aromatic nitrogens is 2. The van der Waals surface area contributed by atoms with Gasteiger partial charge in [0.25, 0.3) is 0 Å². The van der Waals surface area contributed by atoms with Crippen LogP contribution in [0.3, 0.4) is 0 Å². The molecule has 0 radical (unpaired) electrons. The molecule has 2 aromatic carbocycles. The molecule has 0 bridgehead atoms. The number of nitrogens with zero attached hydrogens (tertiary/aromatic N) is 3. The van der Waals surface area contributed by atoms with Crippen molar-refractivity contribution in [3.63, 3.8) is 0 Å². The maximum Gasteiger partial charge on any atom is 0.230 e. The SMILES string of the molecule is CC(C)c1ccc(CN2Cc3cn(C)nc3[C@@H](C(=O)NCCc3ccc(F)cc3)C2)cc1. The molecule has 0 saturated heterocycles. The summed E-state index contributed by atoms with van der Waals surface area (Å²) in [5, 5.41) is 7.65. The van der Waals surface area contributed by atoms with Crippen molar-refractivity contribution in [1.82, 2.24) is 20.0 Å². The van der Waals surface area contributed by atoms with Gasteiger partial charge in [0.15, 0.2) is 0 Å². The van der Waals surface area contributed by atoms with Crippen LogP contribution in [-0.2, 0) is 31.4 Å². The molecule has 168 valence electrons. The highest BCUT2D eigenvalue weighted by Gasteiger charge is 2.33. The molecule has 0 fully saturated rings. The van der Waals surface area contributed by atoms with Crippen molar-refractivity contribution in [1.29, 1.82) is 0 Å². The number of hydrogen-bond donors (Lipinski definition) is 1. The second-order valence-electron chi connectivity index (χ2n) is 9.00. The van der Waals surface area contributed by atoms with E-state index in [1.54, 1.807) is 16.8 Å². The van der Waals surface area contributed by atoms with E-state index in [9.17, 15) is 9.18 Å². The van der Waals surface area contributed by atoms with Crippen molar-refractivity contribution in [3.05, 3.63) is 88.5 Å². The fraction of sp³-hybridized carbons (Fsp3) is 0.385. The van der Waals surface area contributed by atoms with Gasteiger partial charge < -0.3 is 5.32 Å². The van der Waals surface area contributed by atoms with Gasteiger partial charge in [-0.3, -0.25) is 14.4 Å². The first-order valence-electron chi connectivity index (χ1n) is 11.2. The molecule has 1 atom stereocenters. The summed E-state index contributed by atoms with van der Waals surface area (Å²) in [5.74, 6) is -0.0448. The predicted molar refractivity (Wildman–Crippen MR) is 124 cm³/mol. The van der Waals surface area contributed by atoms with Crippen molar-refractivity contribution in [3.8, 4) is 0 Å². The topological polar surface area (TPSA) is 50.2 Å². The first kappa shape index (κ1) is 22.2. The molecule has 0 saturated carbocycles. The molecule has 1 aliphatic heterocycles. The summed E-state index contributed by atoms with van der Waals surface area (Å²) in [6.45, 7) is 7.13. The normalized spacial score (nSPS) is 16.2. The molecule has 1 aliphatic rings. The highest BCUT2D eigenvalue weighted by Crippen LogP contribution is 2.28. The Bertz CT molecular complexity index is 1060. The Morgan fingerprint density at radius 2 is 1.81 bits per heavy atom. The van der Waals surface area contributed by atoms with Gasteiger partial charge >= 0.3 is 0 Å². The van der Waals surface area contributed by atoms with E-state index in [0.717, 1.165) is 29.9 Å². The van der Waals surface area contributed by atoms with Crippen LogP contribution in [0, 0.1) is 5.82 Å². The summed E-state index contributed by atoms with van der Waals surface area (Å²) in [6, 6.07) is 15.2. The van der Waals surface area contributed by atoms with Gasteiger partial charge in [-0.1, -0.05) is 50.2 Å². The van der Waals surface area contributed by atoms with Crippen LogP contribution in [0.5, 0.6) is 0 Å². The molecule has 32 heavy (non-hydrogen) atoms. The maximum atomic E-state index is 13.1. The van der Waals surface area contributed by atoms with E-state index < -0.39 is 0 Å². The number of aryl methyl sites for hydroxylation is 1. The van der Waals surface area contributed by atoms with Crippen LogP contribution in [-0.4, -0.2) is 33.7 Å². The lowest BCUT2D eigenvalue weighted by Crippen LogP contribution is -2.41. The van der Waals surface area contributed by atoms with Gasteiger partial charge in [0, 0.05) is 45.0 Å². The zero-order chi connectivity index (χ0) is 22.7. The molecular formula is C26H31FN4O. The Morgan fingerprint density at radius 3 is 2.50 bits per heavy atom. The molecule has 0 spiro atoms. The number of fused-ring (bicyclic) bond motifs is 1. The number of halogens is 1. The van der Waals surface area contributed by atoms with Gasteiger partial charge in [0.1, 0.15) is 5.82 Å². The summed E-state index contributed by atoms with van der Waals surface area (Å²) in [4.78, 5) is 15.4. The quantitative estimate of drug-likeness (QED) is 0.608. The van der Waals surface area contributed by atoms with E-state index in [-0.39, 0.29) is 17.6 Å². The predicted octanol–water partition coefficient (Wildman–Crippen LogP) is 4.14. The van der Waals surface area contributed by atoms with E-state index >= 15 is 0 Å². The Morgan fingerprint density at radius 1 is 1.12 bits per heavy atom. The average molecular weight is 435 g/mol. The van der Waals surface area contributed by atoms with E-state index in [1.807, 2.05) is 13.2 Å². The maximum absolute atomic E-state index is 13.1. The minimum atomic E-state index is -0.303. The molecule has 1 N–H and O–H groups in total. The lowest BCUT2D eigenvalue weighted by atomic mass is 9.95. The first-order valence-corrected chi connectivity index (χ1v) is 11.2. The second kappa shape index (κ2) is 9.65. The number of benzene rings is 2. The molecular weight excluding hydrogens is 403 g/mol. The standard InChI is InChI=1S/C26H31FN4O/c1-18(2)21-8-4-20(5-9-21)14-31-16-22-15-30(3)29-25(22)24(17-31)26(32)28-13-12-19-6-10-23(27)11-7-19/h4-11,15,18,24H,12-14,16-17H2,1-3H3,(H,28,32)/t24-/m0/s1. The number of nitrogens with one attached hydrogen (secondary N) is 1. The van der Waals surface area contributed by atoms with Crippen LogP contribution in [0.4, 0.5) is 4.39 Å². The zero-order valence-electron chi connectivity index (χ0n) is 19.0. The van der Waals surface area contributed by atoms with Crippen molar-refractivity contribution in [2.75, 3.05) is 13.1 Å². The van der Waals surface area contributed by atoms with Gasteiger partial charge in [-0.05, 0) is 41.2 Å². The molecule has 1 aromatic heterocycles. The average Bonchev–Trinajstić information content (AvgIpc) is 3.15. The Balaban J connectivity index is 1.42. The van der Waals surface area contributed by atoms with E-state index in [2.05, 4.69) is 53.4 Å². The summed E-state index contributed by atoms with van der Waals surface area (Å²) in [6.07, 6.45) is 2.68. The van der Waals surface area contributed by atoms with Crippen LogP contribution in [0.15, 0.2) is 54.7 Å². The van der Waals surface area contributed by atoms with Crippen LogP contribution >= 0.6 is 0 Å². The summed E-state index contributed by atoms with van der Waals surface area (Å²) < 4.78 is 14.9. The number of hydrogen-bond acceptors (Lipinski definition) is 3. The molecule has 3 aromatic rings. The third kappa shape index (κ3) is 5.25. The minimum absolute atomic E-state index is 0.00748. The minimum Gasteiger partial charge on any atom is -0.355 e. The second-order valence-corrected chi connectivity index (χ2v) is 9.00. The van der Waals surface area contributed by atoms with Crippen LogP contribution in [0.1, 0.15) is 53.6 Å². The number of rotatable bonds is 7. The Kier molecular flexibility index (Phi) is 6.70. The summed E-state index contributed by atoms with van der Waals surface area (Å²) in [5.41, 5.74) is 5.56. The fourth-order valence-corrected chi connectivity index (χ4v) is 4.32. The largest absolute Gasteiger partial charge is 0.355 e. The van der Waals surface area contributed by atoms with Crippen LogP contribution < -0.4 is 5.32 Å². The zero-order valence-corrected chi connectivity index (χ0v) is 19.0. The van der Waals surface area contributed by atoms with Crippen molar-refractivity contribution < 1.29 is 9.18 Å². The summed E-state index contributed by atoms with van der Waals surface area (Å²) >= 11 is 0. The van der Waals surface area contributed by atoms with Crippen LogP contribution in [0.25, 0.3) is 0 Å². The number of carbonyl (C=O) groups excluding carboxylic acids is 1. The molecule has 0 aliphatic carbocycles. The molecule has 4 rings (SSSR count). The van der Waals surface area contributed by atoms with Crippen molar-refractivity contribution in [2.45, 2.75) is 45.2 Å². The number of carbonyl (C=O) groups is 1. The summed E-state index contributed by atoms with van der Waals surface area (Å²) in [7, 11) is 1.90. The smallest absolute Gasteiger partial charge is 0.230 e. The van der Waals surface area contributed by atoms with Crippen molar-refractivity contribution in [2.24, 2.45) is 7.05 Å².